The van der Waals surface area contributed by atoms with Crippen LogP contribution in [-0.2, 0) is 0 Å². The number of aliphatic imine (C=N–C) groups is 2. The summed E-state index contributed by atoms with van der Waals surface area (Å²) >= 11 is 1.75. The minimum atomic E-state index is 0.929. The van der Waals surface area contributed by atoms with E-state index in [1.807, 2.05) is 0 Å². The third-order valence-electron chi connectivity index (χ3n) is 1.26. The maximum absolute atomic E-state index is 4.09. The van der Waals surface area contributed by atoms with Crippen molar-refractivity contribution in [1.82, 2.24) is 5.32 Å². The van der Waals surface area contributed by atoms with Crippen LogP contribution in [0.25, 0.3) is 0 Å². The molecule has 1 N–H and O–H groups in total. The van der Waals surface area contributed by atoms with Crippen LogP contribution in [0.4, 0.5) is 0 Å². The van der Waals surface area contributed by atoms with E-state index in [4.69, 9.17) is 0 Å². The van der Waals surface area contributed by atoms with Gasteiger partial charge in [-0.05, 0) is 0 Å². The van der Waals surface area contributed by atoms with Gasteiger partial charge in [-0.3, -0.25) is 9.98 Å². The summed E-state index contributed by atoms with van der Waals surface area (Å²) in [6.45, 7) is 0.996. The predicted molar refractivity (Wildman–Crippen MR) is 47.2 cm³/mol. The molecule has 4 heteroatoms. The van der Waals surface area contributed by atoms with Crippen molar-refractivity contribution in [1.29, 1.82) is 0 Å². The minimum absolute atomic E-state index is 0.929. The van der Waals surface area contributed by atoms with Gasteiger partial charge in [0.2, 0.25) is 0 Å². The van der Waals surface area contributed by atoms with Gasteiger partial charge >= 0.3 is 0 Å². The van der Waals surface area contributed by atoms with E-state index >= 15 is 0 Å². The molecule has 3 nitrogen and oxygen atoms in total. The van der Waals surface area contributed by atoms with Crippen molar-refractivity contribution in [3.63, 3.8) is 0 Å². The molecule has 0 radical (unpaired) electrons. The Morgan fingerprint density at radius 1 is 1.40 bits per heavy atom. The topological polar surface area (TPSA) is 36.8 Å². The van der Waals surface area contributed by atoms with Gasteiger partial charge in [-0.2, -0.15) is 0 Å². The third kappa shape index (κ3) is 1.50. The largest absolute Gasteiger partial charge is 0.367 e. The molecule has 0 aromatic rings. The quantitative estimate of drug-likeness (QED) is 0.552. The van der Waals surface area contributed by atoms with Crippen LogP contribution in [-0.4, -0.2) is 37.3 Å². The van der Waals surface area contributed by atoms with Gasteiger partial charge in [0.05, 0.1) is 0 Å². The molecule has 10 heavy (non-hydrogen) atoms. The molecule has 1 heterocycles. The van der Waals surface area contributed by atoms with E-state index in [9.17, 15) is 0 Å². The normalized spacial score (nSPS) is 27.0. The van der Waals surface area contributed by atoms with Gasteiger partial charge in [0, 0.05) is 26.4 Å². The molecule has 0 aliphatic carbocycles. The highest BCUT2D eigenvalue weighted by Gasteiger charge is 2.12. The lowest BCUT2D eigenvalue weighted by molar-refractivity contribution is 0.978. The van der Waals surface area contributed by atoms with E-state index in [-0.39, 0.29) is 0 Å². The Hall–Kier alpha value is -0.510. The number of nitrogens with one attached hydrogen (secondary N) is 1. The van der Waals surface area contributed by atoms with Crippen molar-refractivity contribution in [3.05, 3.63) is 0 Å². The van der Waals surface area contributed by atoms with Crippen LogP contribution in [0.3, 0.4) is 0 Å². The van der Waals surface area contributed by atoms with Crippen LogP contribution in [0.2, 0.25) is 0 Å². The van der Waals surface area contributed by atoms with E-state index in [1.165, 1.54) is 0 Å². The molecule has 0 bridgehead atoms. The second kappa shape index (κ2) is 3.61. The molecule has 1 rings (SSSR count). The Morgan fingerprint density at radius 3 is 2.70 bits per heavy atom. The molecular formula is C6H11N3S. The van der Waals surface area contributed by atoms with E-state index in [0.29, 0.717) is 0 Å². The lowest BCUT2D eigenvalue weighted by Gasteiger charge is -2.15. The van der Waals surface area contributed by atoms with Crippen molar-refractivity contribution in [2.75, 3.05) is 26.4 Å². The first-order valence-corrected chi connectivity index (χ1v) is 4.17. The van der Waals surface area contributed by atoms with Gasteiger partial charge in [-0.1, -0.05) is 0 Å². The number of hydrogen-bond donors (Lipinski definition) is 1. The SMILES string of the molecule is CN=C1NCCSC1=NC. The van der Waals surface area contributed by atoms with Crippen LogP contribution in [0.1, 0.15) is 0 Å². The fourth-order valence-corrected chi connectivity index (χ4v) is 1.63. The Balaban J connectivity index is 2.69. The highest BCUT2D eigenvalue weighted by Crippen LogP contribution is 2.07. The Morgan fingerprint density at radius 2 is 2.20 bits per heavy atom. The maximum atomic E-state index is 4.09. The Bertz CT molecular complexity index is 154. The summed E-state index contributed by atoms with van der Waals surface area (Å²) in [4.78, 5) is 8.14. The third-order valence-corrected chi connectivity index (χ3v) is 2.32. The molecule has 0 unspecified atom stereocenters. The van der Waals surface area contributed by atoms with Crippen molar-refractivity contribution < 1.29 is 0 Å². The summed E-state index contributed by atoms with van der Waals surface area (Å²) < 4.78 is 0. The van der Waals surface area contributed by atoms with E-state index < -0.39 is 0 Å². The van der Waals surface area contributed by atoms with Gasteiger partial charge in [-0.15, -0.1) is 11.8 Å². The van der Waals surface area contributed by atoms with Crippen molar-refractivity contribution >= 4 is 22.6 Å². The first-order valence-electron chi connectivity index (χ1n) is 3.19. The van der Waals surface area contributed by atoms with Crippen LogP contribution < -0.4 is 5.32 Å². The second-order valence-corrected chi connectivity index (χ2v) is 2.96. The first-order chi connectivity index (χ1) is 4.88. The summed E-state index contributed by atoms with van der Waals surface area (Å²) in [6.07, 6.45) is 0. The van der Waals surface area contributed by atoms with Gasteiger partial charge in [0.1, 0.15) is 5.04 Å². The lowest BCUT2D eigenvalue weighted by atomic mass is 10.5. The monoisotopic (exact) mass is 157 g/mol. The number of rotatable bonds is 0. The van der Waals surface area contributed by atoms with E-state index in [1.54, 1.807) is 25.9 Å². The van der Waals surface area contributed by atoms with Gasteiger partial charge in [-0.25, -0.2) is 0 Å². The van der Waals surface area contributed by atoms with E-state index in [2.05, 4.69) is 15.3 Å². The summed E-state index contributed by atoms with van der Waals surface area (Å²) in [6, 6.07) is 0. The number of thioether (sulfide) groups is 1. The molecule has 1 saturated heterocycles. The number of hydrogen-bond acceptors (Lipinski definition) is 3. The predicted octanol–water partition coefficient (Wildman–Crippen LogP) is 0.379. The number of amidine groups is 1. The smallest absolute Gasteiger partial charge is 0.153 e. The summed E-state index contributed by atoms with van der Waals surface area (Å²) in [5.74, 6) is 2.02. The molecule has 0 amide bonds. The molecule has 0 saturated carbocycles. The van der Waals surface area contributed by atoms with Gasteiger partial charge in [0.15, 0.2) is 5.84 Å². The Kier molecular flexibility index (Phi) is 2.74. The highest BCUT2D eigenvalue weighted by molar-refractivity contribution is 8.15. The first kappa shape index (κ1) is 7.60. The van der Waals surface area contributed by atoms with Gasteiger partial charge < -0.3 is 5.32 Å². The Labute approximate surface area is 65.0 Å². The summed E-state index contributed by atoms with van der Waals surface area (Å²) in [7, 11) is 3.57. The molecule has 0 aromatic heterocycles. The molecule has 0 spiro atoms. The van der Waals surface area contributed by atoms with Crippen molar-refractivity contribution in [2.45, 2.75) is 0 Å². The average Bonchev–Trinajstić information content (AvgIpc) is 2.04. The molecule has 1 fully saturated rings. The minimum Gasteiger partial charge on any atom is -0.367 e. The molecule has 56 valence electrons. The number of nitrogens with zero attached hydrogens (tertiary/aromatic N) is 2. The highest BCUT2D eigenvalue weighted by atomic mass is 32.2. The second-order valence-electron chi connectivity index (χ2n) is 1.88. The standard InChI is InChI=1S/C6H11N3S/c1-7-5-6(8-2)10-4-3-9-5/h3-4H2,1-2H3,(H,7,9). The average molecular weight is 157 g/mol. The van der Waals surface area contributed by atoms with Crippen LogP contribution in [0, 0.1) is 0 Å². The zero-order chi connectivity index (χ0) is 7.40. The summed E-state index contributed by atoms with van der Waals surface area (Å²) in [5, 5.41) is 4.19. The van der Waals surface area contributed by atoms with E-state index in [0.717, 1.165) is 23.2 Å². The van der Waals surface area contributed by atoms with Gasteiger partial charge in [0.25, 0.3) is 0 Å². The molecule has 0 aromatic carbocycles. The molecule has 1 aliphatic rings. The van der Waals surface area contributed by atoms with Crippen molar-refractivity contribution in [3.8, 4) is 0 Å². The van der Waals surface area contributed by atoms with Crippen LogP contribution >= 0.6 is 11.8 Å². The molecule has 0 atom stereocenters. The van der Waals surface area contributed by atoms with Crippen molar-refractivity contribution in [2.24, 2.45) is 9.98 Å². The summed E-state index contributed by atoms with van der Waals surface area (Å²) in [5.41, 5.74) is 0. The molecular weight excluding hydrogens is 146 g/mol. The lowest BCUT2D eigenvalue weighted by Crippen LogP contribution is -2.36. The zero-order valence-electron chi connectivity index (χ0n) is 6.22. The van der Waals surface area contributed by atoms with Crippen LogP contribution in [0.5, 0.6) is 0 Å². The van der Waals surface area contributed by atoms with Crippen LogP contribution in [0.15, 0.2) is 9.98 Å². The maximum Gasteiger partial charge on any atom is 0.153 e. The fourth-order valence-electron chi connectivity index (χ4n) is 0.806. The zero-order valence-corrected chi connectivity index (χ0v) is 7.03. The fraction of sp³-hybridized carbons (Fsp3) is 0.667. The molecule has 1 aliphatic heterocycles.